The molecule has 0 fully saturated rings. The van der Waals surface area contributed by atoms with Gasteiger partial charge in [-0.25, -0.2) is 0 Å². The van der Waals surface area contributed by atoms with Crippen molar-refractivity contribution in [3.8, 4) is 0 Å². The molecule has 2 atom stereocenters. The van der Waals surface area contributed by atoms with Crippen molar-refractivity contribution in [3.05, 3.63) is 0 Å². The second-order valence-electron chi connectivity index (χ2n) is 1.08. The van der Waals surface area contributed by atoms with Gasteiger partial charge in [0.2, 0.25) is 0 Å². The molecule has 0 spiro atoms. The van der Waals surface area contributed by atoms with Crippen molar-refractivity contribution < 1.29 is 5.11 Å². The number of aromatic amines is 1. The predicted molar refractivity (Wildman–Crippen MR) is 37.9 cm³/mol. The van der Waals surface area contributed by atoms with Crippen molar-refractivity contribution in [2.45, 2.75) is 6.73 Å². The highest BCUT2D eigenvalue weighted by Gasteiger charge is 1.77. The maximum absolute atomic E-state index is 8.52. The topological polar surface area (TPSA) is 53.8 Å². The van der Waals surface area contributed by atoms with Crippen LogP contribution >= 0.6 is 25.5 Å². The number of rotatable bonds is 1. The first-order valence-electron chi connectivity index (χ1n) is 1.98. The Hall–Kier alpha value is 0.260. The number of hydrogen-bond acceptors (Lipinski definition) is 2. The smallest absolute Gasteiger partial charge is 0.143 e. The van der Waals surface area contributed by atoms with Gasteiger partial charge in [0.1, 0.15) is 15.2 Å². The minimum atomic E-state index is 0.0982. The third-order valence-corrected chi connectivity index (χ3v) is 3.54. The molecule has 0 amide bonds. The van der Waals surface area contributed by atoms with E-state index in [1.54, 1.807) is 4.09 Å². The number of aliphatic hydroxyl groups excluding tert-OH is 1. The van der Waals surface area contributed by atoms with E-state index in [0.29, 0.717) is 17.0 Å². The number of nitrogens with one attached hydrogen (secondary N) is 1. The van der Waals surface area contributed by atoms with Crippen LogP contribution in [0.4, 0.5) is 0 Å². The maximum atomic E-state index is 8.52. The van der Waals surface area contributed by atoms with Crippen molar-refractivity contribution in [2.24, 2.45) is 0 Å². The summed E-state index contributed by atoms with van der Waals surface area (Å²) in [6.07, 6.45) is 0. The van der Waals surface area contributed by atoms with E-state index in [0.717, 1.165) is 8.51 Å². The van der Waals surface area contributed by atoms with Crippen LogP contribution in [0.5, 0.6) is 0 Å². The van der Waals surface area contributed by atoms with Crippen molar-refractivity contribution >= 4 is 25.5 Å². The fraction of sp³-hybridized carbons (Fsp3) is 1.00. The minimum absolute atomic E-state index is 0.0982. The number of hydrogen-bond donors (Lipinski definition) is 2. The second-order valence-corrected chi connectivity index (χ2v) is 4.90. The highest BCUT2D eigenvalue weighted by atomic mass is 31.1. The first-order chi connectivity index (χ1) is 3.93. The summed E-state index contributed by atoms with van der Waals surface area (Å²) in [6, 6.07) is 0. The Morgan fingerprint density at radius 1 is 1.88 bits per heavy atom. The molecular formula is CH6N3OP3. The first-order valence-corrected chi connectivity index (χ1v) is 4.67. The molecule has 0 saturated carbocycles. The molecule has 0 aliphatic rings. The van der Waals surface area contributed by atoms with Gasteiger partial charge < -0.3 is 9.62 Å². The summed E-state index contributed by atoms with van der Waals surface area (Å²) < 4.78 is 8.83. The van der Waals surface area contributed by atoms with Crippen LogP contribution in [0, 0.1) is 0 Å². The van der Waals surface area contributed by atoms with Gasteiger partial charge in [0.25, 0.3) is 0 Å². The summed E-state index contributed by atoms with van der Waals surface area (Å²) in [4.78, 5) is 0. The van der Waals surface area contributed by atoms with Gasteiger partial charge >= 0.3 is 0 Å². The zero-order valence-electron chi connectivity index (χ0n) is 4.00. The van der Waals surface area contributed by atoms with E-state index >= 15 is 0 Å². The lowest BCUT2D eigenvalue weighted by molar-refractivity contribution is 0.232. The molecule has 1 aromatic heterocycles. The van der Waals surface area contributed by atoms with Crippen molar-refractivity contribution in [3.63, 3.8) is 0 Å². The second kappa shape index (κ2) is 3.32. The fourth-order valence-corrected chi connectivity index (χ4v) is 3.41. The van der Waals surface area contributed by atoms with Crippen LogP contribution in [0.2, 0.25) is 0 Å². The van der Waals surface area contributed by atoms with Gasteiger partial charge in [0, 0.05) is 17.0 Å². The van der Waals surface area contributed by atoms with Crippen LogP contribution in [0.15, 0.2) is 0 Å². The molecule has 0 bridgehead atoms. The highest BCUT2D eigenvalue weighted by molar-refractivity contribution is 7.44. The van der Waals surface area contributed by atoms with E-state index in [2.05, 4.69) is 9.02 Å². The van der Waals surface area contributed by atoms with E-state index < -0.39 is 0 Å². The molecular weight excluding hydrogens is 163 g/mol. The van der Waals surface area contributed by atoms with Gasteiger partial charge in [-0.15, -0.1) is 0 Å². The lowest BCUT2D eigenvalue weighted by atomic mass is 11.4. The van der Waals surface area contributed by atoms with Crippen LogP contribution in [-0.4, -0.2) is 18.2 Å². The average molecular weight is 169 g/mol. The van der Waals surface area contributed by atoms with Gasteiger partial charge in [-0.3, -0.25) is 4.09 Å². The normalized spacial score (nSPS) is 12.1. The van der Waals surface area contributed by atoms with Crippen LogP contribution in [-0.2, 0) is 6.73 Å². The molecule has 1 aromatic rings. The average Bonchev–Trinajstić information content (AvgIpc) is 1.90. The zero-order chi connectivity index (χ0) is 5.82. The summed E-state index contributed by atoms with van der Waals surface area (Å²) in [5.74, 6) is 0. The standard InChI is InChI=1S/CH6N3OP3/c5-1-4-7-2-6-3-8-4/h2,5-7H,1H2. The molecule has 1 heterocycles. The number of nitrogens with zero attached hydrogens (tertiary/aromatic N) is 2. The van der Waals surface area contributed by atoms with Crippen molar-refractivity contribution in [2.75, 3.05) is 0 Å². The van der Waals surface area contributed by atoms with Gasteiger partial charge in [-0.1, -0.05) is 0 Å². The predicted octanol–water partition coefficient (Wildman–Crippen LogP) is 0.928. The molecule has 2 N–H and O–H groups in total. The van der Waals surface area contributed by atoms with Gasteiger partial charge in [-0.05, 0) is 0 Å². The Labute approximate surface area is 51.3 Å². The van der Waals surface area contributed by atoms with E-state index in [-0.39, 0.29) is 6.73 Å². The lowest BCUT2D eigenvalue weighted by Gasteiger charge is -1.94. The maximum Gasteiger partial charge on any atom is 0.143 e. The first kappa shape index (κ1) is 6.38. The van der Waals surface area contributed by atoms with Gasteiger partial charge in [-0.2, -0.15) is 4.51 Å². The molecule has 0 aliphatic heterocycles. The molecule has 0 aromatic carbocycles. The Balaban J connectivity index is 2.83. The summed E-state index contributed by atoms with van der Waals surface area (Å²) in [5, 5.41) is 8.52. The van der Waals surface area contributed by atoms with E-state index in [1.165, 1.54) is 0 Å². The third kappa shape index (κ3) is 1.65. The van der Waals surface area contributed by atoms with Crippen LogP contribution in [0.3, 0.4) is 0 Å². The molecule has 4 nitrogen and oxygen atoms in total. The van der Waals surface area contributed by atoms with E-state index in [4.69, 9.17) is 5.11 Å². The number of aromatic nitrogens is 3. The molecule has 0 radical (unpaired) electrons. The number of H-pyrrole nitrogens is 1. The highest BCUT2D eigenvalue weighted by Crippen LogP contribution is 2.09. The SMILES string of the molecule is OCn1pn[pH][nH][pH]1. The molecule has 8 heavy (non-hydrogen) atoms. The Bertz CT molecular complexity index is 156. The summed E-state index contributed by atoms with van der Waals surface area (Å²) in [5.41, 5.74) is 0. The van der Waals surface area contributed by atoms with Crippen molar-refractivity contribution in [1.29, 1.82) is 0 Å². The Kier molecular flexibility index (Phi) is 2.65. The van der Waals surface area contributed by atoms with E-state index in [1.807, 2.05) is 0 Å². The molecule has 46 valence electrons. The van der Waals surface area contributed by atoms with Crippen LogP contribution < -0.4 is 0 Å². The van der Waals surface area contributed by atoms with E-state index in [9.17, 15) is 0 Å². The Morgan fingerprint density at radius 3 is 3.12 bits per heavy atom. The van der Waals surface area contributed by atoms with Gasteiger partial charge in [0.15, 0.2) is 0 Å². The van der Waals surface area contributed by atoms with Crippen molar-refractivity contribution in [1.82, 2.24) is 13.1 Å². The molecule has 0 saturated heterocycles. The lowest BCUT2D eigenvalue weighted by Crippen LogP contribution is -1.84. The Morgan fingerprint density at radius 2 is 2.75 bits per heavy atom. The minimum Gasteiger partial charge on any atom is -0.375 e. The monoisotopic (exact) mass is 169 g/mol. The summed E-state index contributed by atoms with van der Waals surface area (Å²) in [6.45, 7) is 0.0982. The van der Waals surface area contributed by atoms with Crippen LogP contribution in [0.25, 0.3) is 0 Å². The fourth-order valence-electron chi connectivity index (χ4n) is 0.277. The molecule has 2 unspecified atom stereocenters. The zero-order valence-corrected chi connectivity index (χ0v) is 6.89. The van der Waals surface area contributed by atoms with Crippen LogP contribution in [0.1, 0.15) is 0 Å². The number of aliphatic hydroxyl groups is 1. The summed E-state index contributed by atoms with van der Waals surface area (Å²) in [7, 11) is 1.94. The molecule has 1 rings (SSSR count). The summed E-state index contributed by atoms with van der Waals surface area (Å²) >= 11 is 0. The quantitative estimate of drug-likeness (QED) is 0.656. The van der Waals surface area contributed by atoms with Gasteiger partial charge in [0.05, 0.1) is 0 Å². The molecule has 0 aliphatic carbocycles. The molecule has 7 heteroatoms. The third-order valence-electron chi connectivity index (χ3n) is 0.578. The largest absolute Gasteiger partial charge is 0.375 e.